The van der Waals surface area contributed by atoms with Gasteiger partial charge in [-0.25, -0.2) is 4.39 Å². The minimum absolute atomic E-state index is 0.0839. The van der Waals surface area contributed by atoms with E-state index in [1.165, 1.54) is 12.1 Å². The van der Waals surface area contributed by atoms with Crippen LogP contribution in [0.1, 0.15) is 18.1 Å². The van der Waals surface area contributed by atoms with Gasteiger partial charge < -0.3 is 4.74 Å². The lowest BCUT2D eigenvalue weighted by Gasteiger charge is -2.13. The minimum Gasteiger partial charge on any atom is -0.372 e. The molecule has 0 saturated carbocycles. The molecular weight excluding hydrogens is 235 g/mol. The van der Waals surface area contributed by atoms with Gasteiger partial charge in [-0.05, 0) is 24.1 Å². The van der Waals surface area contributed by atoms with Gasteiger partial charge in [-0.2, -0.15) is 0 Å². The van der Waals surface area contributed by atoms with Crippen LogP contribution in [0.25, 0.3) is 0 Å². The number of halogens is 2. The van der Waals surface area contributed by atoms with E-state index >= 15 is 0 Å². The largest absolute Gasteiger partial charge is 0.372 e. The molecule has 0 aliphatic carbocycles. The highest BCUT2D eigenvalue weighted by Crippen LogP contribution is 2.33. The van der Waals surface area contributed by atoms with Gasteiger partial charge in [0.2, 0.25) is 0 Å². The van der Waals surface area contributed by atoms with Crippen LogP contribution < -0.4 is 0 Å². The first kappa shape index (κ1) is 9.16. The highest BCUT2D eigenvalue weighted by molar-refractivity contribution is 9.09. The fraction of sp³-hybridized carbons (Fsp3) is 0.400. The zero-order valence-electron chi connectivity index (χ0n) is 7.04. The van der Waals surface area contributed by atoms with Crippen LogP contribution in [0, 0.1) is 5.82 Å². The topological polar surface area (TPSA) is 9.23 Å². The number of hydrogen-bond acceptors (Lipinski definition) is 1. The summed E-state index contributed by atoms with van der Waals surface area (Å²) in [5.41, 5.74) is 1.04. The molecule has 0 spiro atoms. The molecule has 13 heavy (non-hydrogen) atoms. The maximum Gasteiger partial charge on any atom is 0.123 e. The van der Waals surface area contributed by atoms with Gasteiger partial charge >= 0.3 is 0 Å². The number of rotatable bonds is 1. The summed E-state index contributed by atoms with van der Waals surface area (Å²) in [6, 6.07) is 6.49. The van der Waals surface area contributed by atoms with Crippen molar-refractivity contribution in [1.82, 2.24) is 0 Å². The predicted octanol–water partition coefficient (Wildman–Crippen LogP) is 3.05. The summed E-state index contributed by atoms with van der Waals surface area (Å²) < 4.78 is 18.1. The molecule has 0 radical (unpaired) electrons. The summed E-state index contributed by atoms with van der Waals surface area (Å²) in [7, 11) is 0. The number of alkyl halides is 1. The molecule has 1 aromatic rings. The fourth-order valence-electron chi connectivity index (χ4n) is 1.52. The molecular formula is C10H10BrFO. The zero-order valence-corrected chi connectivity index (χ0v) is 8.63. The summed E-state index contributed by atoms with van der Waals surface area (Å²) in [4.78, 5) is 0.359. The average Bonchev–Trinajstić information content (AvgIpc) is 2.53. The Labute approximate surface area is 85.0 Å². The van der Waals surface area contributed by atoms with Crippen LogP contribution in [0.4, 0.5) is 4.39 Å². The molecule has 1 nitrogen and oxygen atoms in total. The van der Waals surface area contributed by atoms with Gasteiger partial charge in [-0.3, -0.25) is 0 Å². The minimum atomic E-state index is -0.201. The van der Waals surface area contributed by atoms with Crippen molar-refractivity contribution in [3.63, 3.8) is 0 Å². The second-order valence-corrected chi connectivity index (χ2v) is 4.32. The van der Waals surface area contributed by atoms with E-state index in [1.807, 2.05) is 0 Å². The SMILES string of the molecule is Fc1ccc(C2OCCC2Br)cc1. The third kappa shape index (κ3) is 1.92. The molecule has 1 fully saturated rings. The van der Waals surface area contributed by atoms with E-state index in [4.69, 9.17) is 4.74 Å². The van der Waals surface area contributed by atoms with E-state index in [2.05, 4.69) is 15.9 Å². The Bertz CT molecular complexity index is 285. The number of ether oxygens (including phenoxy) is 1. The molecule has 0 bridgehead atoms. The summed E-state index contributed by atoms with van der Waals surface area (Å²) in [5.74, 6) is -0.201. The zero-order chi connectivity index (χ0) is 9.26. The fourth-order valence-corrected chi connectivity index (χ4v) is 2.17. The molecule has 1 saturated heterocycles. The van der Waals surface area contributed by atoms with Gasteiger partial charge in [0.05, 0.1) is 6.10 Å². The van der Waals surface area contributed by atoms with E-state index in [0.29, 0.717) is 4.83 Å². The smallest absolute Gasteiger partial charge is 0.123 e. The molecule has 2 rings (SSSR count). The van der Waals surface area contributed by atoms with Gasteiger partial charge in [-0.1, -0.05) is 28.1 Å². The Kier molecular flexibility index (Phi) is 2.65. The molecule has 0 aromatic heterocycles. The lowest BCUT2D eigenvalue weighted by molar-refractivity contribution is 0.114. The quantitative estimate of drug-likeness (QED) is 0.691. The maximum atomic E-state index is 12.6. The Morgan fingerprint density at radius 2 is 2.00 bits per heavy atom. The maximum absolute atomic E-state index is 12.6. The van der Waals surface area contributed by atoms with E-state index in [1.54, 1.807) is 12.1 Å². The monoisotopic (exact) mass is 244 g/mol. The van der Waals surface area contributed by atoms with Crippen LogP contribution >= 0.6 is 15.9 Å². The van der Waals surface area contributed by atoms with Crippen molar-refractivity contribution >= 4 is 15.9 Å². The molecule has 1 heterocycles. The van der Waals surface area contributed by atoms with Crippen molar-refractivity contribution in [2.75, 3.05) is 6.61 Å². The van der Waals surface area contributed by atoms with Crippen molar-refractivity contribution in [2.45, 2.75) is 17.4 Å². The summed E-state index contributed by atoms with van der Waals surface area (Å²) in [5, 5.41) is 0. The van der Waals surface area contributed by atoms with Gasteiger partial charge in [0, 0.05) is 11.4 Å². The van der Waals surface area contributed by atoms with Crippen molar-refractivity contribution in [3.05, 3.63) is 35.6 Å². The normalized spacial score (nSPS) is 27.8. The third-order valence-electron chi connectivity index (χ3n) is 2.22. The first-order valence-electron chi connectivity index (χ1n) is 4.28. The van der Waals surface area contributed by atoms with E-state index in [-0.39, 0.29) is 11.9 Å². The molecule has 3 heteroatoms. The molecule has 1 aliphatic heterocycles. The third-order valence-corrected chi connectivity index (χ3v) is 3.16. The van der Waals surface area contributed by atoms with Crippen molar-refractivity contribution in [1.29, 1.82) is 0 Å². The standard InChI is InChI=1S/C10H10BrFO/c11-9-5-6-13-10(9)7-1-3-8(12)4-2-7/h1-4,9-10H,5-6H2. The Morgan fingerprint density at radius 3 is 2.54 bits per heavy atom. The Hall–Kier alpha value is -0.410. The molecule has 1 aliphatic rings. The summed E-state index contributed by atoms with van der Waals surface area (Å²) in [6.07, 6.45) is 1.10. The van der Waals surface area contributed by atoms with Gasteiger partial charge in [-0.15, -0.1) is 0 Å². The lowest BCUT2D eigenvalue weighted by Crippen LogP contribution is -2.05. The second kappa shape index (κ2) is 3.76. The second-order valence-electron chi connectivity index (χ2n) is 3.15. The Balaban J connectivity index is 2.20. The summed E-state index contributed by atoms with van der Waals surface area (Å²) in [6.45, 7) is 0.776. The van der Waals surface area contributed by atoms with Crippen LogP contribution in [0.3, 0.4) is 0 Å². The number of hydrogen-bond donors (Lipinski definition) is 0. The van der Waals surface area contributed by atoms with Gasteiger partial charge in [0.15, 0.2) is 0 Å². The molecule has 2 atom stereocenters. The van der Waals surface area contributed by atoms with Crippen molar-refractivity contribution in [3.8, 4) is 0 Å². The van der Waals surface area contributed by atoms with Crippen molar-refractivity contribution < 1.29 is 9.13 Å². The first-order valence-corrected chi connectivity index (χ1v) is 5.20. The molecule has 1 aromatic carbocycles. The van der Waals surface area contributed by atoms with E-state index in [0.717, 1.165) is 18.6 Å². The molecule has 2 unspecified atom stereocenters. The van der Waals surface area contributed by atoms with E-state index in [9.17, 15) is 4.39 Å². The first-order chi connectivity index (χ1) is 6.27. The van der Waals surface area contributed by atoms with Crippen LogP contribution in [0.2, 0.25) is 0 Å². The highest BCUT2D eigenvalue weighted by Gasteiger charge is 2.26. The highest BCUT2D eigenvalue weighted by atomic mass is 79.9. The predicted molar refractivity (Wildman–Crippen MR) is 52.4 cm³/mol. The summed E-state index contributed by atoms with van der Waals surface area (Å²) >= 11 is 3.54. The molecule has 0 amide bonds. The molecule has 70 valence electrons. The van der Waals surface area contributed by atoms with Gasteiger partial charge in [0.25, 0.3) is 0 Å². The van der Waals surface area contributed by atoms with Crippen LogP contribution in [-0.4, -0.2) is 11.4 Å². The lowest BCUT2D eigenvalue weighted by atomic mass is 10.1. The van der Waals surface area contributed by atoms with Crippen LogP contribution in [-0.2, 0) is 4.74 Å². The van der Waals surface area contributed by atoms with Crippen LogP contribution in [0.5, 0.6) is 0 Å². The molecule has 0 N–H and O–H groups in total. The van der Waals surface area contributed by atoms with E-state index < -0.39 is 0 Å². The van der Waals surface area contributed by atoms with Crippen molar-refractivity contribution in [2.24, 2.45) is 0 Å². The average molecular weight is 245 g/mol. The number of benzene rings is 1. The Morgan fingerprint density at radius 1 is 1.31 bits per heavy atom. The van der Waals surface area contributed by atoms with Gasteiger partial charge in [0.1, 0.15) is 5.82 Å². The van der Waals surface area contributed by atoms with Crippen LogP contribution in [0.15, 0.2) is 24.3 Å².